The SMILES string of the molecule is COCCOCCn1nnc(C(=O)OC)c1C(C)C. The zero-order chi connectivity index (χ0) is 14.3. The van der Waals surface area contributed by atoms with Crippen LogP contribution < -0.4 is 0 Å². The van der Waals surface area contributed by atoms with Crippen LogP contribution in [0.2, 0.25) is 0 Å². The van der Waals surface area contributed by atoms with Crippen LogP contribution in [0.3, 0.4) is 0 Å². The highest BCUT2D eigenvalue weighted by molar-refractivity contribution is 5.88. The minimum Gasteiger partial charge on any atom is -0.464 e. The van der Waals surface area contributed by atoms with Crippen LogP contribution in [0.4, 0.5) is 0 Å². The lowest BCUT2D eigenvalue weighted by atomic mass is 10.1. The molecule has 0 spiro atoms. The summed E-state index contributed by atoms with van der Waals surface area (Å²) in [6, 6.07) is 0. The Bertz CT molecular complexity index is 404. The summed E-state index contributed by atoms with van der Waals surface area (Å²) in [6.07, 6.45) is 0. The molecule has 0 saturated carbocycles. The largest absolute Gasteiger partial charge is 0.464 e. The molecule has 1 rings (SSSR count). The summed E-state index contributed by atoms with van der Waals surface area (Å²) in [5.74, 6) is -0.335. The molecule has 0 radical (unpaired) electrons. The molecule has 0 amide bonds. The first-order valence-electron chi connectivity index (χ1n) is 6.20. The Labute approximate surface area is 112 Å². The maximum atomic E-state index is 11.6. The molecule has 1 heterocycles. The van der Waals surface area contributed by atoms with E-state index in [4.69, 9.17) is 14.2 Å². The number of carbonyl (C=O) groups excluding carboxylic acids is 1. The van der Waals surface area contributed by atoms with Gasteiger partial charge >= 0.3 is 5.97 Å². The van der Waals surface area contributed by atoms with E-state index in [1.54, 1.807) is 11.8 Å². The van der Waals surface area contributed by atoms with Gasteiger partial charge in [-0.1, -0.05) is 19.1 Å². The molecule has 1 aromatic heterocycles. The Kier molecular flexibility index (Phi) is 6.44. The molecule has 0 aliphatic carbocycles. The van der Waals surface area contributed by atoms with Crippen LogP contribution in [0.5, 0.6) is 0 Å². The molecule has 1 aromatic rings. The predicted molar refractivity (Wildman–Crippen MR) is 68.1 cm³/mol. The molecule has 0 fully saturated rings. The Morgan fingerprint density at radius 3 is 2.58 bits per heavy atom. The van der Waals surface area contributed by atoms with E-state index in [1.807, 2.05) is 13.8 Å². The van der Waals surface area contributed by atoms with E-state index in [-0.39, 0.29) is 11.6 Å². The van der Waals surface area contributed by atoms with Crippen LogP contribution in [-0.2, 0) is 20.8 Å². The van der Waals surface area contributed by atoms with Gasteiger partial charge in [-0.15, -0.1) is 5.10 Å². The van der Waals surface area contributed by atoms with E-state index in [0.29, 0.717) is 26.4 Å². The summed E-state index contributed by atoms with van der Waals surface area (Å²) in [5, 5.41) is 7.86. The van der Waals surface area contributed by atoms with Gasteiger partial charge in [0, 0.05) is 7.11 Å². The highest BCUT2D eigenvalue weighted by atomic mass is 16.5. The van der Waals surface area contributed by atoms with E-state index in [0.717, 1.165) is 5.69 Å². The topological polar surface area (TPSA) is 75.5 Å². The molecule has 0 aromatic carbocycles. The number of carbonyl (C=O) groups is 1. The lowest BCUT2D eigenvalue weighted by molar-refractivity contribution is 0.0590. The molecule has 7 nitrogen and oxygen atoms in total. The average molecular weight is 271 g/mol. The highest BCUT2D eigenvalue weighted by Crippen LogP contribution is 2.18. The summed E-state index contributed by atoms with van der Waals surface area (Å²) in [5.41, 5.74) is 1.04. The zero-order valence-corrected chi connectivity index (χ0v) is 11.9. The molecule has 19 heavy (non-hydrogen) atoms. The average Bonchev–Trinajstić information content (AvgIpc) is 2.81. The fraction of sp³-hybridized carbons (Fsp3) is 0.750. The summed E-state index contributed by atoms with van der Waals surface area (Å²) in [7, 11) is 2.96. The molecule has 7 heteroatoms. The van der Waals surface area contributed by atoms with Gasteiger partial charge in [0.2, 0.25) is 0 Å². The number of hydrogen-bond donors (Lipinski definition) is 0. The fourth-order valence-corrected chi connectivity index (χ4v) is 1.69. The van der Waals surface area contributed by atoms with Gasteiger partial charge in [0.05, 0.1) is 39.2 Å². The van der Waals surface area contributed by atoms with Crippen LogP contribution >= 0.6 is 0 Å². The maximum absolute atomic E-state index is 11.6. The number of esters is 1. The molecular weight excluding hydrogens is 250 g/mol. The van der Waals surface area contributed by atoms with Crippen LogP contribution in [0, 0.1) is 0 Å². The third kappa shape index (κ3) is 4.29. The second-order valence-electron chi connectivity index (χ2n) is 4.30. The Morgan fingerprint density at radius 1 is 1.26 bits per heavy atom. The fourth-order valence-electron chi connectivity index (χ4n) is 1.69. The van der Waals surface area contributed by atoms with Gasteiger partial charge in [0.1, 0.15) is 0 Å². The third-order valence-corrected chi connectivity index (χ3v) is 2.58. The van der Waals surface area contributed by atoms with Crippen molar-refractivity contribution in [3.05, 3.63) is 11.4 Å². The van der Waals surface area contributed by atoms with E-state index in [1.165, 1.54) is 7.11 Å². The first-order chi connectivity index (χ1) is 9.11. The van der Waals surface area contributed by atoms with Gasteiger partial charge < -0.3 is 14.2 Å². The molecule has 0 aliphatic rings. The number of hydrogen-bond acceptors (Lipinski definition) is 6. The first-order valence-corrected chi connectivity index (χ1v) is 6.20. The van der Waals surface area contributed by atoms with Gasteiger partial charge in [-0.25, -0.2) is 9.48 Å². The van der Waals surface area contributed by atoms with Crippen molar-refractivity contribution < 1.29 is 19.0 Å². The monoisotopic (exact) mass is 271 g/mol. The first kappa shape index (κ1) is 15.6. The van der Waals surface area contributed by atoms with Crippen molar-refractivity contribution in [3.8, 4) is 0 Å². The van der Waals surface area contributed by atoms with Crippen LogP contribution in [-0.4, -0.2) is 55.0 Å². The predicted octanol–water partition coefficient (Wildman–Crippen LogP) is 0.851. The Hall–Kier alpha value is -1.47. The lowest BCUT2D eigenvalue weighted by Crippen LogP contribution is -2.15. The van der Waals surface area contributed by atoms with Crippen molar-refractivity contribution in [2.24, 2.45) is 0 Å². The van der Waals surface area contributed by atoms with Gasteiger partial charge in [-0.05, 0) is 5.92 Å². The summed E-state index contributed by atoms with van der Waals surface area (Å²) < 4.78 is 16.6. The van der Waals surface area contributed by atoms with Crippen LogP contribution in [0.25, 0.3) is 0 Å². The summed E-state index contributed by atoms with van der Waals surface area (Å²) in [4.78, 5) is 11.6. The van der Waals surface area contributed by atoms with Crippen LogP contribution in [0.15, 0.2) is 0 Å². The van der Waals surface area contributed by atoms with Gasteiger partial charge in [0.25, 0.3) is 0 Å². The van der Waals surface area contributed by atoms with Crippen molar-refractivity contribution in [1.82, 2.24) is 15.0 Å². The van der Waals surface area contributed by atoms with Crippen molar-refractivity contribution >= 4 is 5.97 Å². The second kappa shape index (κ2) is 7.85. The molecule has 108 valence electrons. The molecule has 0 N–H and O–H groups in total. The minimum atomic E-state index is -0.463. The molecule has 0 atom stereocenters. The number of methoxy groups -OCH3 is 2. The zero-order valence-electron chi connectivity index (χ0n) is 11.9. The standard InChI is InChI=1S/C12H21N3O4/c1-9(2)11-10(12(16)18-4)13-14-15(11)5-6-19-8-7-17-3/h9H,5-8H2,1-4H3. The molecule has 0 aliphatic heterocycles. The number of nitrogens with zero attached hydrogens (tertiary/aromatic N) is 3. The normalized spacial score (nSPS) is 11.0. The van der Waals surface area contributed by atoms with Gasteiger partial charge in [0.15, 0.2) is 5.69 Å². The van der Waals surface area contributed by atoms with Crippen molar-refractivity contribution in [2.45, 2.75) is 26.3 Å². The molecule has 0 bridgehead atoms. The third-order valence-electron chi connectivity index (χ3n) is 2.58. The van der Waals surface area contributed by atoms with Crippen molar-refractivity contribution in [3.63, 3.8) is 0 Å². The summed E-state index contributed by atoms with van der Waals surface area (Å²) in [6.45, 7) is 6.09. The van der Waals surface area contributed by atoms with E-state index < -0.39 is 5.97 Å². The number of ether oxygens (including phenoxy) is 3. The van der Waals surface area contributed by atoms with E-state index in [2.05, 4.69) is 10.3 Å². The Balaban J connectivity index is 2.67. The van der Waals surface area contributed by atoms with Crippen LogP contribution in [0.1, 0.15) is 35.9 Å². The highest BCUT2D eigenvalue weighted by Gasteiger charge is 2.22. The lowest BCUT2D eigenvalue weighted by Gasteiger charge is -2.10. The molecule has 0 unspecified atom stereocenters. The van der Waals surface area contributed by atoms with Gasteiger partial charge in [-0.2, -0.15) is 0 Å². The Morgan fingerprint density at radius 2 is 2.00 bits per heavy atom. The van der Waals surface area contributed by atoms with Crippen molar-refractivity contribution in [2.75, 3.05) is 34.0 Å². The molecule has 0 saturated heterocycles. The molecular formula is C12H21N3O4. The smallest absolute Gasteiger partial charge is 0.360 e. The quantitative estimate of drug-likeness (QED) is 0.515. The minimum absolute atomic E-state index is 0.128. The van der Waals surface area contributed by atoms with E-state index >= 15 is 0 Å². The van der Waals surface area contributed by atoms with Gasteiger partial charge in [-0.3, -0.25) is 0 Å². The maximum Gasteiger partial charge on any atom is 0.360 e. The van der Waals surface area contributed by atoms with Crippen molar-refractivity contribution in [1.29, 1.82) is 0 Å². The number of aromatic nitrogens is 3. The summed E-state index contributed by atoms with van der Waals surface area (Å²) >= 11 is 0. The second-order valence-corrected chi connectivity index (χ2v) is 4.30. The number of rotatable bonds is 8. The van der Waals surface area contributed by atoms with E-state index in [9.17, 15) is 4.79 Å².